The van der Waals surface area contributed by atoms with Gasteiger partial charge >= 0.3 is 0 Å². The zero-order valence-corrected chi connectivity index (χ0v) is 14.5. The first-order valence-electron chi connectivity index (χ1n) is 7.75. The number of aromatic nitrogens is 1. The van der Waals surface area contributed by atoms with E-state index in [1.165, 1.54) is 21.3 Å². The number of para-hydroxylation sites is 1. The summed E-state index contributed by atoms with van der Waals surface area (Å²) in [4.78, 5) is 15.9. The molecule has 3 aromatic rings. The molecule has 1 aromatic heterocycles. The highest BCUT2D eigenvalue weighted by Crippen LogP contribution is 2.44. The molecule has 2 N–H and O–H groups in total. The number of nitriles is 1. The topological polar surface area (TPSA) is 96.4 Å². The molecule has 1 heterocycles. The smallest absolute Gasteiger partial charge is 0.258 e. The van der Waals surface area contributed by atoms with Crippen molar-refractivity contribution in [1.29, 1.82) is 5.26 Å². The lowest BCUT2D eigenvalue weighted by Crippen LogP contribution is -2.12. The summed E-state index contributed by atoms with van der Waals surface area (Å²) in [5, 5.41) is 12.5. The number of carbonyl (C=O) groups is 1. The maximum Gasteiger partial charge on any atom is 0.258 e. The summed E-state index contributed by atoms with van der Waals surface area (Å²) >= 11 is 0. The Bertz CT molecular complexity index is 1020. The normalized spacial score (nSPS) is 10.2. The molecule has 7 nitrogen and oxygen atoms in total. The van der Waals surface area contributed by atoms with Gasteiger partial charge in [-0.05, 0) is 12.1 Å². The Morgan fingerprint density at radius 1 is 1.12 bits per heavy atom. The molecule has 0 bridgehead atoms. The van der Waals surface area contributed by atoms with E-state index in [4.69, 9.17) is 14.2 Å². The van der Waals surface area contributed by atoms with Gasteiger partial charge in [0, 0.05) is 12.3 Å². The Labute approximate surface area is 150 Å². The standard InChI is InChI=1S/C19H17N3O4/c1-24-15-8-14-16(18(26-3)17(15)25-2)12(10-21-14)19(23)22-13-7-5-4-6-11(13)9-20/h4-8,10,21H,1-3H3,(H,22,23). The molecule has 0 aliphatic carbocycles. The maximum atomic E-state index is 12.8. The van der Waals surface area contributed by atoms with Crippen molar-refractivity contribution in [3.63, 3.8) is 0 Å². The molecule has 2 aromatic carbocycles. The second kappa shape index (κ2) is 7.07. The van der Waals surface area contributed by atoms with E-state index in [2.05, 4.69) is 16.4 Å². The van der Waals surface area contributed by atoms with E-state index in [0.29, 0.717) is 45.0 Å². The van der Waals surface area contributed by atoms with Crippen molar-refractivity contribution < 1.29 is 19.0 Å². The molecule has 0 atom stereocenters. The number of aromatic amines is 1. The lowest BCUT2D eigenvalue weighted by molar-refractivity contribution is 0.102. The minimum Gasteiger partial charge on any atom is -0.493 e. The average molecular weight is 351 g/mol. The number of hydrogen-bond acceptors (Lipinski definition) is 5. The van der Waals surface area contributed by atoms with Gasteiger partial charge in [0.05, 0.1) is 49.0 Å². The van der Waals surface area contributed by atoms with E-state index < -0.39 is 0 Å². The lowest BCUT2D eigenvalue weighted by Gasteiger charge is -2.14. The molecular formula is C19H17N3O4. The summed E-state index contributed by atoms with van der Waals surface area (Å²) in [5.74, 6) is 0.903. The summed E-state index contributed by atoms with van der Waals surface area (Å²) < 4.78 is 16.2. The van der Waals surface area contributed by atoms with Crippen molar-refractivity contribution in [2.24, 2.45) is 0 Å². The zero-order chi connectivity index (χ0) is 18.7. The summed E-state index contributed by atoms with van der Waals surface area (Å²) in [7, 11) is 4.52. The monoisotopic (exact) mass is 351 g/mol. The summed E-state index contributed by atoms with van der Waals surface area (Å²) in [5.41, 5.74) is 1.85. The molecule has 0 saturated carbocycles. The van der Waals surface area contributed by atoms with Gasteiger partial charge in [-0.15, -0.1) is 0 Å². The maximum absolute atomic E-state index is 12.8. The minimum absolute atomic E-state index is 0.366. The highest BCUT2D eigenvalue weighted by atomic mass is 16.5. The molecule has 3 rings (SSSR count). The van der Waals surface area contributed by atoms with E-state index in [1.807, 2.05) is 0 Å². The van der Waals surface area contributed by atoms with Gasteiger partial charge in [-0.2, -0.15) is 5.26 Å². The fourth-order valence-corrected chi connectivity index (χ4v) is 2.82. The number of H-pyrrole nitrogens is 1. The number of ether oxygens (including phenoxy) is 3. The number of nitrogens with zero attached hydrogens (tertiary/aromatic N) is 1. The third-order valence-electron chi connectivity index (χ3n) is 4.01. The Morgan fingerprint density at radius 2 is 1.85 bits per heavy atom. The second-order valence-electron chi connectivity index (χ2n) is 5.38. The second-order valence-corrected chi connectivity index (χ2v) is 5.38. The van der Waals surface area contributed by atoms with Crippen molar-refractivity contribution in [3.8, 4) is 23.3 Å². The number of benzene rings is 2. The van der Waals surface area contributed by atoms with Crippen LogP contribution < -0.4 is 19.5 Å². The van der Waals surface area contributed by atoms with Crippen LogP contribution in [0.2, 0.25) is 0 Å². The highest BCUT2D eigenvalue weighted by Gasteiger charge is 2.23. The minimum atomic E-state index is -0.371. The molecule has 1 amide bonds. The fourth-order valence-electron chi connectivity index (χ4n) is 2.82. The van der Waals surface area contributed by atoms with E-state index >= 15 is 0 Å². The van der Waals surface area contributed by atoms with Gasteiger partial charge in [-0.25, -0.2) is 0 Å². The zero-order valence-electron chi connectivity index (χ0n) is 14.5. The SMILES string of the molecule is COc1cc2[nH]cc(C(=O)Nc3ccccc3C#N)c2c(OC)c1OC. The molecule has 7 heteroatoms. The van der Waals surface area contributed by atoms with Crippen LogP contribution in [0, 0.1) is 11.3 Å². The molecule has 0 saturated heterocycles. The Hall–Kier alpha value is -3.66. The van der Waals surface area contributed by atoms with Crippen LogP contribution in [0.15, 0.2) is 36.5 Å². The van der Waals surface area contributed by atoms with Gasteiger partial charge in [-0.3, -0.25) is 4.79 Å². The predicted octanol–water partition coefficient (Wildman–Crippen LogP) is 3.32. The van der Waals surface area contributed by atoms with Crippen LogP contribution in [0.4, 0.5) is 5.69 Å². The van der Waals surface area contributed by atoms with Crippen LogP contribution in [-0.2, 0) is 0 Å². The van der Waals surface area contributed by atoms with Gasteiger partial charge in [-0.1, -0.05) is 12.1 Å². The fraction of sp³-hybridized carbons (Fsp3) is 0.158. The number of nitrogens with one attached hydrogen (secondary N) is 2. The molecule has 0 spiro atoms. The van der Waals surface area contributed by atoms with Crippen LogP contribution in [-0.4, -0.2) is 32.2 Å². The molecule has 0 aliphatic heterocycles. The number of fused-ring (bicyclic) bond motifs is 1. The van der Waals surface area contributed by atoms with Gasteiger partial charge in [0.2, 0.25) is 5.75 Å². The van der Waals surface area contributed by atoms with Crippen LogP contribution in [0.3, 0.4) is 0 Å². The molecule has 0 aliphatic rings. The Morgan fingerprint density at radius 3 is 2.50 bits per heavy atom. The Kier molecular flexibility index (Phi) is 4.67. The van der Waals surface area contributed by atoms with Crippen LogP contribution in [0.1, 0.15) is 15.9 Å². The molecule has 132 valence electrons. The Balaban J connectivity index is 2.11. The van der Waals surface area contributed by atoms with Crippen molar-refractivity contribution >= 4 is 22.5 Å². The number of methoxy groups -OCH3 is 3. The molecule has 0 unspecified atom stereocenters. The lowest BCUT2D eigenvalue weighted by atomic mass is 10.1. The highest BCUT2D eigenvalue weighted by molar-refractivity contribution is 6.15. The third kappa shape index (κ3) is 2.78. The molecule has 0 fully saturated rings. The summed E-state index contributed by atoms with van der Waals surface area (Å²) in [6.07, 6.45) is 1.58. The van der Waals surface area contributed by atoms with Crippen molar-refractivity contribution in [1.82, 2.24) is 4.98 Å². The molecule has 26 heavy (non-hydrogen) atoms. The van der Waals surface area contributed by atoms with Crippen molar-refractivity contribution in [3.05, 3.63) is 47.7 Å². The molecule has 0 radical (unpaired) electrons. The number of carbonyl (C=O) groups excluding carboxylic acids is 1. The summed E-state index contributed by atoms with van der Waals surface area (Å²) in [6.45, 7) is 0. The van der Waals surface area contributed by atoms with E-state index in [0.717, 1.165) is 0 Å². The van der Waals surface area contributed by atoms with Crippen LogP contribution >= 0.6 is 0 Å². The van der Waals surface area contributed by atoms with Crippen LogP contribution in [0.5, 0.6) is 17.2 Å². The molecular weight excluding hydrogens is 334 g/mol. The predicted molar refractivity (Wildman–Crippen MR) is 97.1 cm³/mol. The third-order valence-corrected chi connectivity index (χ3v) is 4.01. The summed E-state index contributed by atoms with van der Waals surface area (Å²) in [6, 6.07) is 10.6. The quantitative estimate of drug-likeness (QED) is 0.735. The number of rotatable bonds is 5. The number of anilines is 1. The number of hydrogen-bond donors (Lipinski definition) is 2. The first-order valence-corrected chi connectivity index (χ1v) is 7.75. The van der Waals surface area contributed by atoms with E-state index in [9.17, 15) is 10.1 Å². The van der Waals surface area contributed by atoms with Crippen molar-refractivity contribution in [2.75, 3.05) is 26.6 Å². The first-order chi connectivity index (χ1) is 12.6. The van der Waals surface area contributed by atoms with Crippen LogP contribution in [0.25, 0.3) is 10.9 Å². The van der Waals surface area contributed by atoms with Gasteiger partial charge in [0.1, 0.15) is 6.07 Å². The average Bonchev–Trinajstić information content (AvgIpc) is 3.10. The largest absolute Gasteiger partial charge is 0.493 e. The first kappa shape index (κ1) is 17.2. The van der Waals surface area contributed by atoms with E-state index in [-0.39, 0.29) is 5.91 Å². The van der Waals surface area contributed by atoms with Gasteiger partial charge < -0.3 is 24.5 Å². The number of amides is 1. The van der Waals surface area contributed by atoms with Gasteiger partial charge in [0.15, 0.2) is 11.5 Å². The van der Waals surface area contributed by atoms with E-state index in [1.54, 1.807) is 36.5 Å². The van der Waals surface area contributed by atoms with Gasteiger partial charge in [0.25, 0.3) is 5.91 Å². The van der Waals surface area contributed by atoms with Crippen molar-refractivity contribution in [2.45, 2.75) is 0 Å².